The second-order valence-electron chi connectivity index (χ2n) is 5.97. The molecule has 0 unspecified atom stereocenters. The number of carbonyl (C=O) groups excluding carboxylic acids is 1. The highest BCUT2D eigenvalue weighted by Crippen LogP contribution is 2.19. The van der Waals surface area contributed by atoms with E-state index in [9.17, 15) is 13.2 Å². The Balaban J connectivity index is 2.07. The summed E-state index contributed by atoms with van der Waals surface area (Å²) in [7, 11) is -3.74. The van der Waals surface area contributed by atoms with Crippen molar-refractivity contribution in [2.24, 2.45) is 5.92 Å². The summed E-state index contributed by atoms with van der Waals surface area (Å²) in [5.41, 5.74) is 1.37. The lowest BCUT2D eigenvalue weighted by molar-refractivity contribution is -0.116. The molecule has 0 aliphatic rings. The SMILES string of the molecule is CC(C)CC(=O)Nc1ccc(NS(=O)(=O)c2ccc(C#N)cc2)cc1. The van der Waals surface area contributed by atoms with E-state index in [0.717, 1.165) is 0 Å². The maximum atomic E-state index is 12.3. The number of nitrogens with zero attached hydrogens (tertiary/aromatic N) is 1. The topological polar surface area (TPSA) is 99.1 Å². The van der Waals surface area contributed by atoms with Gasteiger partial charge in [-0.2, -0.15) is 5.26 Å². The minimum atomic E-state index is -3.74. The molecule has 0 saturated carbocycles. The highest BCUT2D eigenvalue weighted by Gasteiger charge is 2.14. The van der Waals surface area contributed by atoms with Crippen LogP contribution in [0.1, 0.15) is 25.8 Å². The van der Waals surface area contributed by atoms with Crippen LogP contribution in [0.5, 0.6) is 0 Å². The number of carbonyl (C=O) groups is 1. The minimum absolute atomic E-state index is 0.0702. The molecular weight excluding hydrogens is 338 g/mol. The fourth-order valence-electron chi connectivity index (χ4n) is 2.13. The smallest absolute Gasteiger partial charge is 0.261 e. The number of anilines is 2. The van der Waals surface area contributed by atoms with E-state index in [1.807, 2.05) is 19.9 Å². The third-order valence-electron chi connectivity index (χ3n) is 3.31. The lowest BCUT2D eigenvalue weighted by Gasteiger charge is -2.10. The second kappa shape index (κ2) is 7.81. The van der Waals surface area contributed by atoms with Crippen LogP contribution in [-0.4, -0.2) is 14.3 Å². The lowest BCUT2D eigenvalue weighted by Crippen LogP contribution is -2.14. The molecule has 0 bridgehead atoms. The number of nitrogens with one attached hydrogen (secondary N) is 2. The molecule has 0 radical (unpaired) electrons. The predicted molar refractivity (Wildman–Crippen MR) is 96.5 cm³/mol. The highest BCUT2D eigenvalue weighted by atomic mass is 32.2. The van der Waals surface area contributed by atoms with Crippen molar-refractivity contribution < 1.29 is 13.2 Å². The molecule has 0 fully saturated rings. The van der Waals surface area contributed by atoms with Gasteiger partial charge in [0, 0.05) is 17.8 Å². The average Bonchev–Trinajstić information content (AvgIpc) is 2.55. The first-order valence-electron chi connectivity index (χ1n) is 7.73. The zero-order chi connectivity index (χ0) is 18.4. The molecule has 130 valence electrons. The van der Waals surface area contributed by atoms with Crippen LogP contribution < -0.4 is 10.0 Å². The number of amides is 1. The van der Waals surface area contributed by atoms with Crippen molar-refractivity contribution in [3.05, 3.63) is 54.1 Å². The van der Waals surface area contributed by atoms with Crippen LogP contribution in [0.25, 0.3) is 0 Å². The summed E-state index contributed by atoms with van der Waals surface area (Å²) in [4.78, 5) is 11.8. The molecule has 0 aromatic heterocycles. The summed E-state index contributed by atoms with van der Waals surface area (Å²) in [5.74, 6) is 0.180. The van der Waals surface area contributed by atoms with Gasteiger partial charge in [0.15, 0.2) is 0 Å². The van der Waals surface area contributed by atoms with Gasteiger partial charge in [-0.3, -0.25) is 9.52 Å². The molecule has 1 amide bonds. The van der Waals surface area contributed by atoms with Gasteiger partial charge in [-0.1, -0.05) is 13.8 Å². The molecule has 25 heavy (non-hydrogen) atoms. The van der Waals surface area contributed by atoms with E-state index in [2.05, 4.69) is 10.0 Å². The minimum Gasteiger partial charge on any atom is -0.326 e. The molecule has 0 aliphatic heterocycles. The first-order chi connectivity index (χ1) is 11.8. The number of benzene rings is 2. The Morgan fingerprint density at radius 3 is 2.12 bits per heavy atom. The van der Waals surface area contributed by atoms with Gasteiger partial charge in [-0.05, 0) is 54.4 Å². The molecule has 0 heterocycles. The van der Waals surface area contributed by atoms with E-state index < -0.39 is 10.0 Å². The summed E-state index contributed by atoms with van der Waals surface area (Å²) in [6.45, 7) is 3.92. The Morgan fingerprint density at radius 1 is 1.04 bits per heavy atom. The Kier molecular flexibility index (Phi) is 5.78. The lowest BCUT2D eigenvalue weighted by atomic mass is 10.1. The Labute approximate surface area is 147 Å². The normalized spacial score (nSPS) is 11.0. The molecule has 0 saturated heterocycles. The first kappa shape index (κ1) is 18.5. The van der Waals surface area contributed by atoms with Crippen LogP contribution in [0.3, 0.4) is 0 Å². The van der Waals surface area contributed by atoms with Gasteiger partial charge < -0.3 is 5.32 Å². The number of nitriles is 1. The van der Waals surface area contributed by atoms with Gasteiger partial charge in [0.25, 0.3) is 10.0 Å². The number of sulfonamides is 1. The van der Waals surface area contributed by atoms with Crippen LogP contribution in [0, 0.1) is 17.2 Å². The van der Waals surface area contributed by atoms with Crippen molar-refractivity contribution in [1.29, 1.82) is 5.26 Å². The highest BCUT2D eigenvalue weighted by molar-refractivity contribution is 7.92. The summed E-state index contributed by atoms with van der Waals surface area (Å²) in [5, 5.41) is 11.5. The fraction of sp³-hybridized carbons (Fsp3) is 0.222. The van der Waals surface area contributed by atoms with E-state index in [4.69, 9.17) is 5.26 Å². The Hall–Kier alpha value is -2.85. The molecule has 6 nitrogen and oxygen atoms in total. The van der Waals surface area contributed by atoms with Gasteiger partial charge in [0.1, 0.15) is 0 Å². The quantitative estimate of drug-likeness (QED) is 0.828. The van der Waals surface area contributed by atoms with Crippen molar-refractivity contribution in [3.8, 4) is 6.07 Å². The summed E-state index contributed by atoms with van der Waals surface area (Å²) in [6, 6.07) is 14.0. The molecule has 0 atom stereocenters. The molecule has 2 aromatic carbocycles. The first-order valence-corrected chi connectivity index (χ1v) is 9.21. The fourth-order valence-corrected chi connectivity index (χ4v) is 3.19. The van der Waals surface area contributed by atoms with Gasteiger partial charge in [-0.15, -0.1) is 0 Å². The molecule has 2 aromatic rings. The van der Waals surface area contributed by atoms with Gasteiger partial charge in [0.05, 0.1) is 16.5 Å². The second-order valence-corrected chi connectivity index (χ2v) is 7.65. The predicted octanol–water partition coefficient (Wildman–Crippen LogP) is 3.34. The monoisotopic (exact) mass is 357 g/mol. The van der Waals surface area contributed by atoms with E-state index in [0.29, 0.717) is 23.4 Å². The van der Waals surface area contributed by atoms with Crippen molar-refractivity contribution in [1.82, 2.24) is 0 Å². The molecule has 0 spiro atoms. The van der Waals surface area contributed by atoms with Crippen molar-refractivity contribution in [3.63, 3.8) is 0 Å². The van der Waals surface area contributed by atoms with Crippen molar-refractivity contribution in [2.45, 2.75) is 25.2 Å². The van der Waals surface area contributed by atoms with Crippen LogP contribution in [-0.2, 0) is 14.8 Å². The van der Waals surface area contributed by atoms with Gasteiger partial charge in [0.2, 0.25) is 5.91 Å². The molecule has 2 rings (SSSR count). The van der Waals surface area contributed by atoms with Crippen molar-refractivity contribution in [2.75, 3.05) is 10.0 Å². The average molecular weight is 357 g/mol. The van der Waals surface area contributed by atoms with Gasteiger partial charge >= 0.3 is 0 Å². The zero-order valence-corrected chi connectivity index (χ0v) is 14.8. The molecular formula is C18H19N3O3S. The molecule has 7 heteroatoms. The van der Waals surface area contributed by atoms with Crippen LogP contribution in [0.4, 0.5) is 11.4 Å². The maximum Gasteiger partial charge on any atom is 0.261 e. The van der Waals surface area contributed by atoms with E-state index in [1.165, 1.54) is 24.3 Å². The standard InChI is InChI=1S/C18H19N3O3S/c1-13(2)11-18(22)20-15-5-7-16(8-6-15)21-25(23,24)17-9-3-14(12-19)4-10-17/h3-10,13,21H,11H2,1-2H3,(H,20,22). The van der Waals surface area contributed by atoms with E-state index >= 15 is 0 Å². The van der Waals surface area contributed by atoms with Crippen LogP contribution >= 0.6 is 0 Å². The third-order valence-corrected chi connectivity index (χ3v) is 4.71. The van der Waals surface area contributed by atoms with Gasteiger partial charge in [-0.25, -0.2) is 8.42 Å². The largest absolute Gasteiger partial charge is 0.326 e. The molecule has 0 aliphatic carbocycles. The number of rotatable bonds is 6. The zero-order valence-electron chi connectivity index (χ0n) is 14.0. The summed E-state index contributed by atoms with van der Waals surface area (Å²) >= 11 is 0. The third kappa shape index (κ3) is 5.33. The van der Waals surface area contributed by atoms with E-state index in [1.54, 1.807) is 24.3 Å². The number of hydrogen-bond acceptors (Lipinski definition) is 4. The van der Waals surface area contributed by atoms with E-state index in [-0.39, 0.29) is 16.7 Å². The molecule has 2 N–H and O–H groups in total. The number of hydrogen-bond donors (Lipinski definition) is 2. The maximum absolute atomic E-state index is 12.3. The van der Waals surface area contributed by atoms with Crippen LogP contribution in [0.2, 0.25) is 0 Å². The van der Waals surface area contributed by atoms with Crippen molar-refractivity contribution >= 4 is 27.3 Å². The Bertz CT molecular complexity index is 881. The summed E-state index contributed by atoms with van der Waals surface area (Å²) in [6.07, 6.45) is 0.424. The Morgan fingerprint density at radius 2 is 1.60 bits per heavy atom. The summed E-state index contributed by atoms with van der Waals surface area (Å²) < 4.78 is 27.1. The van der Waals surface area contributed by atoms with Crippen LogP contribution in [0.15, 0.2) is 53.4 Å².